The normalized spacial score (nSPS) is 11.4. The van der Waals surface area contributed by atoms with Gasteiger partial charge in [0, 0.05) is 6.20 Å². The summed E-state index contributed by atoms with van der Waals surface area (Å²) >= 11 is 0. The Labute approximate surface area is 145 Å². The molecule has 0 aliphatic rings. The predicted molar refractivity (Wildman–Crippen MR) is 91.7 cm³/mol. The van der Waals surface area contributed by atoms with Gasteiger partial charge in [-0.2, -0.15) is 0 Å². The SMILES string of the molecule is O=C(NS(=O)(=O)CC=CCc1ccccc1)c1ccc(C(=O)O)nc1. The number of hydrogen-bond acceptors (Lipinski definition) is 5. The molecule has 25 heavy (non-hydrogen) atoms. The minimum absolute atomic E-state index is 0.0400. The molecule has 0 radical (unpaired) electrons. The van der Waals surface area contributed by atoms with Crippen molar-refractivity contribution in [2.24, 2.45) is 0 Å². The van der Waals surface area contributed by atoms with Crippen molar-refractivity contribution in [3.8, 4) is 0 Å². The first-order chi connectivity index (χ1) is 11.9. The molecule has 1 heterocycles. The lowest BCUT2D eigenvalue weighted by Crippen LogP contribution is -2.32. The van der Waals surface area contributed by atoms with E-state index in [-0.39, 0.29) is 17.0 Å². The highest BCUT2D eigenvalue weighted by Crippen LogP contribution is 2.03. The molecule has 2 N–H and O–H groups in total. The van der Waals surface area contributed by atoms with Gasteiger partial charge >= 0.3 is 5.97 Å². The van der Waals surface area contributed by atoms with Crippen LogP contribution in [0.2, 0.25) is 0 Å². The van der Waals surface area contributed by atoms with Crippen LogP contribution in [0.1, 0.15) is 26.4 Å². The van der Waals surface area contributed by atoms with Gasteiger partial charge in [-0.3, -0.25) is 4.79 Å². The largest absolute Gasteiger partial charge is 0.477 e. The zero-order valence-electron chi connectivity index (χ0n) is 13.1. The number of sulfonamides is 1. The number of carboxylic acids is 1. The van der Waals surface area contributed by atoms with Crippen molar-refractivity contribution >= 4 is 21.9 Å². The molecule has 1 amide bonds. The van der Waals surface area contributed by atoms with Gasteiger partial charge in [0.05, 0.1) is 11.3 Å². The van der Waals surface area contributed by atoms with Crippen LogP contribution in [0, 0.1) is 0 Å². The molecule has 0 bridgehead atoms. The van der Waals surface area contributed by atoms with Crippen molar-refractivity contribution in [2.75, 3.05) is 5.75 Å². The average molecular weight is 360 g/mol. The number of nitrogens with zero attached hydrogens (tertiary/aromatic N) is 1. The van der Waals surface area contributed by atoms with Crippen LogP contribution in [0.3, 0.4) is 0 Å². The van der Waals surface area contributed by atoms with E-state index >= 15 is 0 Å². The number of benzene rings is 1. The third-order valence-corrected chi connectivity index (χ3v) is 4.30. The molecule has 1 aromatic carbocycles. The minimum Gasteiger partial charge on any atom is -0.477 e. The summed E-state index contributed by atoms with van der Waals surface area (Å²) in [5, 5.41) is 8.74. The Morgan fingerprint density at radius 2 is 1.80 bits per heavy atom. The van der Waals surface area contributed by atoms with Gasteiger partial charge < -0.3 is 5.11 Å². The Morgan fingerprint density at radius 3 is 2.40 bits per heavy atom. The van der Waals surface area contributed by atoms with Crippen LogP contribution >= 0.6 is 0 Å². The number of aromatic nitrogens is 1. The van der Waals surface area contributed by atoms with E-state index in [0.29, 0.717) is 6.42 Å². The molecule has 8 heteroatoms. The molecule has 0 aliphatic carbocycles. The van der Waals surface area contributed by atoms with Crippen molar-refractivity contribution in [1.29, 1.82) is 0 Å². The number of carbonyl (C=O) groups is 2. The smallest absolute Gasteiger partial charge is 0.354 e. The van der Waals surface area contributed by atoms with Crippen LogP contribution in [-0.2, 0) is 16.4 Å². The Kier molecular flexibility index (Phi) is 6.02. The summed E-state index contributed by atoms with van der Waals surface area (Å²) < 4.78 is 25.7. The van der Waals surface area contributed by atoms with E-state index in [1.165, 1.54) is 12.1 Å². The number of carboxylic acid groups (broad SMARTS) is 1. The maximum Gasteiger partial charge on any atom is 0.354 e. The van der Waals surface area contributed by atoms with Crippen LogP contribution in [0.15, 0.2) is 60.8 Å². The fourth-order valence-corrected chi connectivity index (χ4v) is 2.80. The molecular weight excluding hydrogens is 344 g/mol. The molecule has 2 rings (SSSR count). The van der Waals surface area contributed by atoms with Gasteiger partial charge in [-0.05, 0) is 24.1 Å². The van der Waals surface area contributed by atoms with E-state index < -0.39 is 21.9 Å². The van der Waals surface area contributed by atoms with Crippen molar-refractivity contribution in [2.45, 2.75) is 6.42 Å². The number of allylic oxidation sites excluding steroid dienone is 1. The van der Waals surface area contributed by atoms with Gasteiger partial charge in [0.15, 0.2) is 0 Å². The molecule has 0 saturated carbocycles. The molecule has 2 aromatic rings. The fourth-order valence-electron chi connectivity index (χ4n) is 1.92. The second-order valence-electron chi connectivity index (χ2n) is 5.11. The molecule has 0 fully saturated rings. The molecule has 1 aromatic heterocycles. The monoisotopic (exact) mass is 360 g/mol. The zero-order valence-corrected chi connectivity index (χ0v) is 13.9. The maximum atomic E-state index is 11.9. The van der Waals surface area contributed by atoms with Gasteiger partial charge in [-0.25, -0.2) is 22.9 Å². The second kappa shape index (κ2) is 8.20. The lowest BCUT2D eigenvalue weighted by molar-refractivity contribution is 0.0689. The average Bonchev–Trinajstić information content (AvgIpc) is 2.59. The number of amides is 1. The third kappa shape index (κ3) is 5.85. The van der Waals surface area contributed by atoms with Crippen LogP contribution in [0.4, 0.5) is 0 Å². The first-order valence-corrected chi connectivity index (χ1v) is 8.96. The maximum absolute atomic E-state index is 11.9. The standard InChI is InChI=1S/C17H16N2O5S/c20-16(14-9-10-15(17(21)22)18-12-14)19-25(23,24)11-5-4-8-13-6-2-1-3-7-13/h1-7,9-10,12H,8,11H2,(H,19,20)(H,21,22). The van der Waals surface area contributed by atoms with Gasteiger partial charge in [0.2, 0.25) is 10.0 Å². The number of carbonyl (C=O) groups excluding carboxylic acids is 1. The summed E-state index contributed by atoms with van der Waals surface area (Å²) in [6.45, 7) is 0. The van der Waals surface area contributed by atoms with Crippen LogP contribution < -0.4 is 4.72 Å². The van der Waals surface area contributed by atoms with Crippen LogP contribution in [0.5, 0.6) is 0 Å². The highest BCUT2D eigenvalue weighted by molar-refractivity contribution is 7.90. The summed E-state index contributed by atoms with van der Waals surface area (Å²) in [5.41, 5.74) is 0.773. The van der Waals surface area contributed by atoms with Crippen molar-refractivity contribution in [3.63, 3.8) is 0 Å². The number of rotatable bonds is 7. The molecule has 0 spiro atoms. The van der Waals surface area contributed by atoms with Crippen molar-refractivity contribution in [3.05, 3.63) is 77.6 Å². The van der Waals surface area contributed by atoms with E-state index in [1.54, 1.807) is 6.08 Å². The lowest BCUT2D eigenvalue weighted by Gasteiger charge is -2.05. The quantitative estimate of drug-likeness (QED) is 0.726. The Bertz CT molecular complexity index is 875. The van der Waals surface area contributed by atoms with Crippen molar-refractivity contribution < 1.29 is 23.1 Å². The predicted octanol–water partition coefficient (Wildman–Crippen LogP) is 1.64. The summed E-state index contributed by atoms with van der Waals surface area (Å²) in [6.07, 6.45) is 4.78. The molecule has 0 saturated heterocycles. The highest BCUT2D eigenvalue weighted by atomic mass is 32.2. The summed E-state index contributed by atoms with van der Waals surface area (Å²) in [6, 6.07) is 11.9. The number of aromatic carboxylic acids is 1. The van der Waals surface area contributed by atoms with E-state index in [9.17, 15) is 18.0 Å². The minimum atomic E-state index is -3.84. The second-order valence-corrected chi connectivity index (χ2v) is 6.88. The first-order valence-electron chi connectivity index (χ1n) is 7.30. The Morgan fingerprint density at radius 1 is 1.08 bits per heavy atom. The molecule has 130 valence electrons. The fraction of sp³-hybridized carbons (Fsp3) is 0.118. The van der Waals surface area contributed by atoms with E-state index in [0.717, 1.165) is 17.8 Å². The Balaban J connectivity index is 1.91. The first kappa shape index (κ1) is 18.3. The van der Waals surface area contributed by atoms with Gasteiger partial charge in [-0.1, -0.05) is 42.5 Å². The molecule has 7 nitrogen and oxygen atoms in total. The summed E-state index contributed by atoms with van der Waals surface area (Å²) in [4.78, 5) is 26.2. The zero-order chi connectivity index (χ0) is 18.3. The van der Waals surface area contributed by atoms with Crippen LogP contribution in [0.25, 0.3) is 0 Å². The number of nitrogens with one attached hydrogen (secondary N) is 1. The van der Waals surface area contributed by atoms with E-state index in [2.05, 4.69) is 4.98 Å². The summed E-state index contributed by atoms with van der Waals surface area (Å²) in [7, 11) is -3.84. The number of hydrogen-bond donors (Lipinski definition) is 2. The van der Waals surface area contributed by atoms with E-state index in [1.807, 2.05) is 35.1 Å². The van der Waals surface area contributed by atoms with Gasteiger partial charge in [0.25, 0.3) is 5.91 Å². The molecule has 0 aliphatic heterocycles. The van der Waals surface area contributed by atoms with E-state index in [4.69, 9.17) is 5.11 Å². The highest BCUT2D eigenvalue weighted by Gasteiger charge is 2.15. The molecule has 0 unspecified atom stereocenters. The Hall–Kier alpha value is -3.00. The molecular formula is C17H16N2O5S. The molecule has 0 atom stereocenters. The van der Waals surface area contributed by atoms with Crippen molar-refractivity contribution in [1.82, 2.24) is 9.71 Å². The summed E-state index contributed by atoms with van der Waals surface area (Å²) in [5.74, 6) is -2.43. The van der Waals surface area contributed by atoms with Gasteiger partial charge in [0.1, 0.15) is 5.69 Å². The third-order valence-electron chi connectivity index (χ3n) is 3.17. The number of pyridine rings is 1. The van der Waals surface area contributed by atoms with Crippen LogP contribution in [-0.4, -0.2) is 36.1 Å². The topological polar surface area (TPSA) is 113 Å². The lowest BCUT2D eigenvalue weighted by atomic mass is 10.1. The van der Waals surface area contributed by atoms with Gasteiger partial charge in [-0.15, -0.1) is 0 Å².